The molecule has 0 unspecified atom stereocenters. The van der Waals surface area contributed by atoms with E-state index >= 15 is 0 Å². The standard InChI is InChI=1S/C15H14N2O5/c1-10-14(6-7-21-10)15(18)16-8-13(9-16)22-12-4-2-11(3-5-12)17(19)20/h2-7,13H,8-9H2,1H3. The second-order valence-electron chi connectivity index (χ2n) is 5.09. The fourth-order valence-electron chi connectivity index (χ4n) is 2.29. The van der Waals surface area contributed by atoms with Crippen molar-refractivity contribution in [3.63, 3.8) is 0 Å². The van der Waals surface area contributed by atoms with Crippen molar-refractivity contribution in [2.45, 2.75) is 13.0 Å². The predicted molar refractivity (Wildman–Crippen MR) is 76.9 cm³/mol. The Bertz CT molecular complexity index is 701. The van der Waals surface area contributed by atoms with Crippen LogP contribution in [0.15, 0.2) is 41.0 Å². The number of rotatable bonds is 4. The van der Waals surface area contributed by atoms with Crippen molar-refractivity contribution in [2.75, 3.05) is 13.1 Å². The smallest absolute Gasteiger partial charge is 0.269 e. The van der Waals surface area contributed by atoms with Crippen LogP contribution in [0.5, 0.6) is 5.75 Å². The van der Waals surface area contributed by atoms with Crippen LogP contribution in [0.25, 0.3) is 0 Å². The lowest BCUT2D eigenvalue weighted by Gasteiger charge is -2.38. The first-order valence-electron chi connectivity index (χ1n) is 6.79. The minimum Gasteiger partial charge on any atom is -0.487 e. The summed E-state index contributed by atoms with van der Waals surface area (Å²) in [6, 6.07) is 7.56. The largest absolute Gasteiger partial charge is 0.487 e. The number of hydrogen-bond acceptors (Lipinski definition) is 5. The number of furan rings is 1. The normalized spacial score (nSPS) is 14.5. The third-order valence-corrected chi connectivity index (χ3v) is 3.57. The minimum absolute atomic E-state index is 0.0215. The molecule has 0 N–H and O–H groups in total. The van der Waals surface area contributed by atoms with Gasteiger partial charge in [0.1, 0.15) is 17.6 Å². The molecule has 1 aromatic carbocycles. The van der Waals surface area contributed by atoms with Gasteiger partial charge in [0.2, 0.25) is 0 Å². The molecule has 7 heteroatoms. The van der Waals surface area contributed by atoms with Crippen LogP contribution in [0.2, 0.25) is 0 Å². The Labute approximate surface area is 126 Å². The van der Waals surface area contributed by atoms with Gasteiger partial charge in [0.15, 0.2) is 0 Å². The van der Waals surface area contributed by atoms with E-state index in [1.165, 1.54) is 18.4 Å². The summed E-state index contributed by atoms with van der Waals surface area (Å²) in [6.07, 6.45) is 1.39. The Morgan fingerprint density at radius 2 is 2.00 bits per heavy atom. The van der Waals surface area contributed by atoms with E-state index in [1.54, 1.807) is 30.0 Å². The molecule has 3 rings (SSSR count). The van der Waals surface area contributed by atoms with Crippen LogP contribution in [0, 0.1) is 17.0 Å². The molecule has 22 heavy (non-hydrogen) atoms. The van der Waals surface area contributed by atoms with E-state index in [4.69, 9.17) is 9.15 Å². The lowest BCUT2D eigenvalue weighted by atomic mass is 10.1. The van der Waals surface area contributed by atoms with Gasteiger partial charge in [0.25, 0.3) is 11.6 Å². The van der Waals surface area contributed by atoms with E-state index in [9.17, 15) is 14.9 Å². The van der Waals surface area contributed by atoms with Gasteiger partial charge in [0, 0.05) is 12.1 Å². The Kier molecular flexibility index (Phi) is 3.54. The van der Waals surface area contributed by atoms with Gasteiger partial charge >= 0.3 is 0 Å². The molecule has 1 aromatic heterocycles. The molecule has 1 amide bonds. The van der Waals surface area contributed by atoms with E-state index in [-0.39, 0.29) is 17.7 Å². The number of non-ortho nitro benzene ring substituents is 1. The zero-order valence-corrected chi connectivity index (χ0v) is 11.9. The summed E-state index contributed by atoms with van der Waals surface area (Å²) in [6.45, 7) is 2.72. The van der Waals surface area contributed by atoms with E-state index in [2.05, 4.69) is 0 Å². The highest BCUT2D eigenvalue weighted by atomic mass is 16.6. The summed E-state index contributed by atoms with van der Waals surface area (Å²) < 4.78 is 10.8. The Hall–Kier alpha value is -2.83. The summed E-state index contributed by atoms with van der Waals surface area (Å²) in [7, 11) is 0. The van der Waals surface area contributed by atoms with Crippen LogP contribution in [0.1, 0.15) is 16.1 Å². The van der Waals surface area contributed by atoms with E-state index in [0.717, 1.165) is 0 Å². The summed E-state index contributed by atoms with van der Waals surface area (Å²) >= 11 is 0. The molecule has 1 aliphatic heterocycles. The summed E-state index contributed by atoms with van der Waals surface area (Å²) in [5.74, 6) is 1.08. The van der Waals surface area contributed by atoms with Crippen LogP contribution in [-0.4, -0.2) is 34.9 Å². The molecule has 0 bridgehead atoms. The molecule has 0 saturated carbocycles. The molecule has 0 radical (unpaired) electrons. The number of likely N-dealkylation sites (tertiary alicyclic amines) is 1. The third kappa shape index (κ3) is 2.65. The third-order valence-electron chi connectivity index (χ3n) is 3.57. The van der Waals surface area contributed by atoms with Crippen molar-refractivity contribution in [1.29, 1.82) is 0 Å². The Morgan fingerprint density at radius 1 is 1.32 bits per heavy atom. The SMILES string of the molecule is Cc1occc1C(=O)N1CC(Oc2ccc([N+](=O)[O-])cc2)C1. The quantitative estimate of drug-likeness (QED) is 0.639. The van der Waals surface area contributed by atoms with Gasteiger partial charge in [-0.25, -0.2) is 0 Å². The highest BCUT2D eigenvalue weighted by Gasteiger charge is 2.33. The number of benzene rings is 1. The molecule has 2 aromatic rings. The maximum absolute atomic E-state index is 12.2. The molecule has 0 atom stereocenters. The van der Waals surface area contributed by atoms with Gasteiger partial charge in [-0.2, -0.15) is 0 Å². The number of nitrogens with zero attached hydrogens (tertiary/aromatic N) is 2. The van der Waals surface area contributed by atoms with Crippen LogP contribution in [-0.2, 0) is 0 Å². The maximum Gasteiger partial charge on any atom is 0.269 e. The average Bonchev–Trinajstić information content (AvgIpc) is 2.88. The molecular formula is C15H14N2O5. The van der Waals surface area contributed by atoms with Crippen molar-refractivity contribution in [3.8, 4) is 5.75 Å². The molecule has 1 fully saturated rings. The summed E-state index contributed by atoms with van der Waals surface area (Å²) in [5, 5.41) is 10.6. The van der Waals surface area contributed by atoms with E-state index in [1.807, 2.05) is 0 Å². The van der Waals surface area contributed by atoms with Crippen LogP contribution in [0.3, 0.4) is 0 Å². The van der Waals surface area contributed by atoms with Crippen molar-refractivity contribution >= 4 is 11.6 Å². The van der Waals surface area contributed by atoms with Gasteiger partial charge in [-0.05, 0) is 25.1 Å². The highest BCUT2D eigenvalue weighted by Crippen LogP contribution is 2.23. The second kappa shape index (κ2) is 5.51. The Morgan fingerprint density at radius 3 is 2.55 bits per heavy atom. The van der Waals surface area contributed by atoms with Gasteiger partial charge in [-0.15, -0.1) is 0 Å². The first kappa shape index (κ1) is 14.1. The molecule has 2 heterocycles. The van der Waals surface area contributed by atoms with Gasteiger partial charge in [-0.1, -0.05) is 0 Å². The number of amides is 1. The summed E-state index contributed by atoms with van der Waals surface area (Å²) in [5.41, 5.74) is 0.585. The number of carbonyl (C=O) groups is 1. The van der Waals surface area contributed by atoms with Crippen molar-refractivity contribution in [2.24, 2.45) is 0 Å². The molecule has 0 spiro atoms. The lowest BCUT2D eigenvalue weighted by molar-refractivity contribution is -0.384. The molecule has 7 nitrogen and oxygen atoms in total. The monoisotopic (exact) mass is 302 g/mol. The van der Waals surface area contributed by atoms with Crippen LogP contribution < -0.4 is 4.74 Å². The van der Waals surface area contributed by atoms with E-state index < -0.39 is 4.92 Å². The molecule has 114 valence electrons. The fraction of sp³-hybridized carbons (Fsp3) is 0.267. The summed E-state index contributed by atoms with van der Waals surface area (Å²) in [4.78, 5) is 24.0. The predicted octanol–water partition coefficient (Wildman–Crippen LogP) is 2.40. The fourth-order valence-corrected chi connectivity index (χ4v) is 2.29. The zero-order chi connectivity index (χ0) is 15.7. The molecule has 1 aliphatic rings. The number of ether oxygens (including phenoxy) is 1. The van der Waals surface area contributed by atoms with Crippen molar-refractivity contribution < 1.29 is 18.9 Å². The molecular weight excluding hydrogens is 288 g/mol. The first-order chi connectivity index (χ1) is 10.5. The van der Waals surface area contributed by atoms with E-state index in [0.29, 0.717) is 30.2 Å². The number of carbonyl (C=O) groups excluding carboxylic acids is 1. The number of nitro groups is 1. The lowest BCUT2D eigenvalue weighted by Crippen LogP contribution is -2.56. The maximum atomic E-state index is 12.2. The Balaban J connectivity index is 1.54. The highest BCUT2D eigenvalue weighted by molar-refractivity contribution is 5.95. The van der Waals surface area contributed by atoms with Gasteiger partial charge in [0.05, 0.1) is 29.8 Å². The molecule has 1 saturated heterocycles. The average molecular weight is 302 g/mol. The van der Waals surface area contributed by atoms with Crippen LogP contribution >= 0.6 is 0 Å². The number of nitro benzene ring substituents is 1. The van der Waals surface area contributed by atoms with Crippen molar-refractivity contribution in [3.05, 3.63) is 58.0 Å². The van der Waals surface area contributed by atoms with Crippen LogP contribution in [0.4, 0.5) is 5.69 Å². The second-order valence-corrected chi connectivity index (χ2v) is 5.09. The number of aryl methyl sites for hydroxylation is 1. The zero-order valence-electron chi connectivity index (χ0n) is 11.9. The topological polar surface area (TPSA) is 85.8 Å². The van der Waals surface area contributed by atoms with Crippen molar-refractivity contribution in [1.82, 2.24) is 4.90 Å². The minimum atomic E-state index is -0.458. The molecule has 0 aliphatic carbocycles. The van der Waals surface area contributed by atoms with Gasteiger partial charge < -0.3 is 14.1 Å². The van der Waals surface area contributed by atoms with Gasteiger partial charge in [-0.3, -0.25) is 14.9 Å². The number of hydrogen-bond donors (Lipinski definition) is 0. The first-order valence-corrected chi connectivity index (χ1v) is 6.79.